The number of ether oxygens (including phenoxy) is 1. The van der Waals surface area contributed by atoms with Gasteiger partial charge in [0.2, 0.25) is 0 Å². The summed E-state index contributed by atoms with van der Waals surface area (Å²) in [5.41, 5.74) is 4.05. The molecule has 2 aliphatic rings. The second-order valence-electron chi connectivity index (χ2n) is 6.70. The van der Waals surface area contributed by atoms with E-state index in [1.807, 2.05) is 18.2 Å². The van der Waals surface area contributed by atoms with Crippen LogP contribution in [0.25, 0.3) is 5.57 Å². The van der Waals surface area contributed by atoms with Gasteiger partial charge in [-0.25, -0.2) is 4.79 Å². The number of carboxylic acids is 1. The summed E-state index contributed by atoms with van der Waals surface area (Å²) in [5.74, 6) is -0.886. The third-order valence-corrected chi connectivity index (χ3v) is 5.05. The van der Waals surface area contributed by atoms with Crippen LogP contribution >= 0.6 is 0 Å². The Morgan fingerprint density at radius 1 is 1.08 bits per heavy atom. The molecule has 0 radical (unpaired) electrons. The van der Waals surface area contributed by atoms with Crippen molar-refractivity contribution in [2.24, 2.45) is 0 Å². The van der Waals surface area contributed by atoms with Crippen LogP contribution in [-0.2, 0) is 11.3 Å². The largest absolute Gasteiger partial charge is 0.478 e. The molecule has 0 saturated carbocycles. The molecule has 1 saturated heterocycles. The summed E-state index contributed by atoms with van der Waals surface area (Å²) in [6.45, 7) is 2.38. The van der Waals surface area contributed by atoms with Gasteiger partial charge >= 0.3 is 5.97 Å². The maximum atomic E-state index is 11.0. The Morgan fingerprint density at radius 2 is 1.84 bits per heavy atom. The number of fused-ring (bicyclic) bond motifs is 2. The van der Waals surface area contributed by atoms with E-state index in [0.717, 1.165) is 25.1 Å². The molecular weight excluding hydrogens is 314 g/mol. The third kappa shape index (κ3) is 3.36. The second-order valence-corrected chi connectivity index (χ2v) is 6.70. The van der Waals surface area contributed by atoms with Gasteiger partial charge in [0.1, 0.15) is 0 Å². The molecular formula is C21H21NO3. The number of nitrogens with zero attached hydrogens (tertiary/aromatic N) is 1. The van der Waals surface area contributed by atoms with E-state index >= 15 is 0 Å². The molecule has 0 aliphatic carbocycles. The summed E-state index contributed by atoms with van der Waals surface area (Å²) in [7, 11) is 0. The quantitative estimate of drug-likeness (QED) is 0.930. The van der Waals surface area contributed by atoms with Gasteiger partial charge in [-0.3, -0.25) is 4.90 Å². The van der Waals surface area contributed by atoms with Crippen LogP contribution in [0.15, 0.2) is 60.7 Å². The van der Waals surface area contributed by atoms with Crippen molar-refractivity contribution in [1.82, 2.24) is 4.90 Å². The highest BCUT2D eigenvalue weighted by Crippen LogP contribution is 2.33. The average Bonchev–Trinajstić information content (AvgIpc) is 2.62. The SMILES string of the molecule is O=C(O)c1ccc(C2=CC3COCC(C2)N3Cc2ccccc2)cc1. The van der Waals surface area contributed by atoms with Gasteiger partial charge in [-0.2, -0.15) is 0 Å². The minimum absolute atomic E-state index is 0.266. The Labute approximate surface area is 147 Å². The molecule has 2 aromatic rings. The van der Waals surface area contributed by atoms with E-state index in [1.54, 1.807) is 12.1 Å². The lowest BCUT2D eigenvalue weighted by Gasteiger charge is -2.44. The first kappa shape index (κ1) is 16.1. The van der Waals surface area contributed by atoms with Gasteiger partial charge in [-0.1, -0.05) is 48.5 Å². The third-order valence-electron chi connectivity index (χ3n) is 5.05. The number of rotatable bonds is 4. The fraction of sp³-hybridized carbons (Fsp3) is 0.286. The molecule has 128 valence electrons. The summed E-state index contributed by atoms with van der Waals surface area (Å²) in [5, 5.41) is 9.05. The lowest BCUT2D eigenvalue weighted by molar-refractivity contribution is -0.0402. The van der Waals surface area contributed by atoms with Gasteiger partial charge in [0.25, 0.3) is 0 Å². The zero-order valence-corrected chi connectivity index (χ0v) is 14.0. The molecule has 2 aliphatic heterocycles. The second kappa shape index (κ2) is 6.82. The van der Waals surface area contributed by atoms with Gasteiger partial charge in [0.05, 0.1) is 24.8 Å². The molecule has 2 heterocycles. The predicted molar refractivity (Wildman–Crippen MR) is 96.4 cm³/mol. The van der Waals surface area contributed by atoms with E-state index in [1.165, 1.54) is 11.1 Å². The van der Waals surface area contributed by atoms with E-state index in [4.69, 9.17) is 9.84 Å². The topological polar surface area (TPSA) is 49.8 Å². The van der Waals surface area contributed by atoms with Crippen LogP contribution < -0.4 is 0 Å². The number of morpholine rings is 1. The lowest BCUT2D eigenvalue weighted by atomic mass is 9.89. The number of hydrogen-bond donors (Lipinski definition) is 1. The van der Waals surface area contributed by atoms with E-state index in [0.29, 0.717) is 18.2 Å². The Kier molecular flexibility index (Phi) is 4.38. The summed E-state index contributed by atoms with van der Waals surface area (Å²) >= 11 is 0. The number of benzene rings is 2. The minimum Gasteiger partial charge on any atom is -0.478 e. The first-order chi connectivity index (χ1) is 12.2. The van der Waals surface area contributed by atoms with Gasteiger partial charge in [-0.15, -0.1) is 0 Å². The molecule has 0 aromatic heterocycles. The van der Waals surface area contributed by atoms with Gasteiger partial charge in [0.15, 0.2) is 0 Å². The number of hydrogen-bond acceptors (Lipinski definition) is 3. The van der Waals surface area contributed by atoms with Gasteiger partial charge in [-0.05, 0) is 35.3 Å². The maximum absolute atomic E-state index is 11.0. The summed E-state index contributed by atoms with van der Waals surface area (Å²) < 4.78 is 5.78. The van der Waals surface area contributed by atoms with Crippen molar-refractivity contribution in [2.45, 2.75) is 25.0 Å². The van der Waals surface area contributed by atoms with Crippen LogP contribution in [0.1, 0.15) is 27.9 Å². The first-order valence-corrected chi connectivity index (χ1v) is 8.62. The monoisotopic (exact) mass is 335 g/mol. The number of carbonyl (C=O) groups is 1. The Balaban J connectivity index is 1.57. The molecule has 0 spiro atoms. The van der Waals surface area contributed by atoms with Gasteiger partial charge < -0.3 is 9.84 Å². The van der Waals surface area contributed by atoms with Crippen molar-refractivity contribution in [2.75, 3.05) is 13.2 Å². The summed E-state index contributed by atoms with van der Waals surface area (Å²) in [4.78, 5) is 13.5. The lowest BCUT2D eigenvalue weighted by Crippen LogP contribution is -2.53. The maximum Gasteiger partial charge on any atom is 0.335 e. The summed E-state index contributed by atoms with van der Waals surface area (Å²) in [6, 6.07) is 18.4. The Morgan fingerprint density at radius 3 is 2.52 bits per heavy atom. The van der Waals surface area contributed by atoms with Crippen LogP contribution in [-0.4, -0.2) is 41.3 Å². The van der Waals surface area contributed by atoms with Crippen molar-refractivity contribution in [1.29, 1.82) is 0 Å². The van der Waals surface area contributed by atoms with Crippen LogP contribution in [0.2, 0.25) is 0 Å². The molecule has 25 heavy (non-hydrogen) atoms. The van der Waals surface area contributed by atoms with Gasteiger partial charge in [0, 0.05) is 12.6 Å². The molecule has 1 N–H and O–H groups in total. The van der Waals surface area contributed by atoms with E-state index in [-0.39, 0.29) is 6.04 Å². The number of aromatic carboxylic acids is 1. The van der Waals surface area contributed by atoms with E-state index < -0.39 is 5.97 Å². The smallest absolute Gasteiger partial charge is 0.335 e. The predicted octanol–water partition coefficient (Wildman–Crippen LogP) is 3.44. The highest BCUT2D eigenvalue weighted by atomic mass is 16.5. The van der Waals surface area contributed by atoms with Crippen molar-refractivity contribution in [3.05, 3.63) is 77.4 Å². The molecule has 2 bridgehead atoms. The average molecular weight is 335 g/mol. The fourth-order valence-corrected chi connectivity index (χ4v) is 3.74. The van der Waals surface area contributed by atoms with Crippen LogP contribution in [0, 0.1) is 0 Å². The van der Waals surface area contributed by atoms with Crippen LogP contribution in [0.3, 0.4) is 0 Å². The normalized spacial score (nSPS) is 23.1. The number of carboxylic acid groups (broad SMARTS) is 1. The zero-order valence-electron chi connectivity index (χ0n) is 14.0. The molecule has 2 atom stereocenters. The minimum atomic E-state index is -0.886. The van der Waals surface area contributed by atoms with Crippen LogP contribution in [0.5, 0.6) is 0 Å². The van der Waals surface area contributed by atoms with Crippen molar-refractivity contribution < 1.29 is 14.6 Å². The molecule has 4 nitrogen and oxygen atoms in total. The van der Waals surface area contributed by atoms with E-state index in [2.05, 4.69) is 35.2 Å². The molecule has 2 aromatic carbocycles. The zero-order chi connectivity index (χ0) is 17.2. The Hall–Kier alpha value is -2.43. The van der Waals surface area contributed by atoms with Crippen molar-refractivity contribution >= 4 is 11.5 Å². The fourth-order valence-electron chi connectivity index (χ4n) is 3.74. The van der Waals surface area contributed by atoms with Crippen LogP contribution in [0.4, 0.5) is 0 Å². The highest BCUT2D eigenvalue weighted by Gasteiger charge is 2.34. The molecule has 2 unspecified atom stereocenters. The highest BCUT2D eigenvalue weighted by molar-refractivity contribution is 5.88. The summed E-state index contributed by atoms with van der Waals surface area (Å²) in [6.07, 6.45) is 3.21. The molecule has 4 heteroatoms. The molecule has 4 rings (SSSR count). The van der Waals surface area contributed by atoms with E-state index in [9.17, 15) is 4.79 Å². The Bertz CT molecular complexity index is 783. The van der Waals surface area contributed by atoms with Crippen molar-refractivity contribution in [3.63, 3.8) is 0 Å². The van der Waals surface area contributed by atoms with Crippen molar-refractivity contribution in [3.8, 4) is 0 Å². The molecule has 1 fully saturated rings. The molecule has 0 amide bonds. The standard InChI is InChI=1S/C21H21NO3/c23-21(24)17-8-6-16(7-9-17)18-10-19-13-25-14-20(11-18)22(19)12-15-4-2-1-3-5-15/h1-10,19-20H,11-14H2,(H,23,24). The first-order valence-electron chi connectivity index (χ1n) is 8.62.